The first-order valence-electron chi connectivity index (χ1n) is 5.73. The van der Waals surface area contributed by atoms with Crippen LogP contribution in [0.3, 0.4) is 0 Å². The van der Waals surface area contributed by atoms with Crippen molar-refractivity contribution in [3.05, 3.63) is 33.9 Å². The van der Waals surface area contributed by atoms with Gasteiger partial charge in [-0.1, -0.05) is 6.07 Å². The van der Waals surface area contributed by atoms with E-state index in [4.69, 9.17) is 0 Å². The van der Waals surface area contributed by atoms with Crippen molar-refractivity contribution in [1.82, 2.24) is 0 Å². The lowest BCUT2D eigenvalue weighted by Gasteiger charge is -2.11. The third-order valence-electron chi connectivity index (χ3n) is 3.02. The molecule has 0 spiro atoms. The fourth-order valence-corrected chi connectivity index (χ4v) is 3.21. The van der Waals surface area contributed by atoms with Gasteiger partial charge in [-0.25, -0.2) is 0 Å². The molecule has 0 bridgehead atoms. The zero-order valence-electron chi connectivity index (χ0n) is 9.81. The van der Waals surface area contributed by atoms with Crippen molar-refractivity contribution in [2.75, 3.05) is 23.4 Å². The van der Waals surface area contributed by atoms with Gasteiger partial charge >= 0.3 is 0 Å². The van der Waals surface area contributed by atoms with Crippen LogP contribution in [0.4, 0.5) is 11.4 Å². The lowest BCUT2D eigenvalue weighted by molar-refractivity contribution is -0.385. The molecule has 1 N–H and O–H groups in total. The van der Waals surface area contributed by atoms with Gasteiger partial charge in [0.05, 0.1) is 4.92 Å². The number of rotatable bonds is 4. The summed E-state index contributed by atoms with van der Waals surface area (Å²) in [6, 6.07) is 5.33. The number of nitro benzene ring substituents is 1. The van der Waals surface area contributed by atoms with Crippen molar-refractivity contribution < 1.29 is 4.92 Å². The summed E-state index contributed by atoms with van der Waals surface area (Å²) in [5, 5.41) is 14.1. The molecule has 1 atom stereocenters. The fourth-order valence-electron chi connectivity index (χ4n) is 1.92. The van der Waals surface area contributed by atoms with Gasteiger partial charge in [0.15, 0.2) is 0 Å². The van der Waals surface area contributed by atoms with Gasteiger partial charge < -0.3 is 5.32 Å². The molecule has 1 unspecified atom stereocenters. The van der Waals surface area contributed by atoms with Crippen LogP contribution in [0.5, 0.6) is 0 Å². The maximum Gasteiger partial charge on any atom is 0.274 e. The van der Waals surface area contributed by atoms with Gasteiger partial charge in [0.2, 0.25) is 0 Å². The molecule has 2 rings (SSSR count). The summed E-state index contributed by atoms with van der Waals surface area (Å²) in [5.41, 5.74) is 1.74. The quantitative estimate of drug-likeness (QED) is 0.661. The highest BCUT2D eigenvalue weighted by Crippen LogP contribution is 2.25. The summed E-state index contributed by atoms with van der Waals surface area (Å²) in [7, 11) is 0. The molecule has 1 heterocycles. The highest BCUT2D eigenvalue weighted by molar-refractivity contribution is 7.99. The Bertz CT molecular complexity index is 417. The third kappa shape index (κ3) is 3.12. The molecule has 0 aromatic heterocycles. The topological polar surface area (TPSA) is 55.2 Å². The van der Waals surface area contributed by atoms with E-state index < -0.39 is 0 Å². The average Bonchev–Trinajstić information content (AvgIpc) is 2.80. The molecule has 1 aromatic carbocycles. The first-order chi connectivity index (χ1) is 8.16. The molecule has 1 fully saturated rings. The number of anilines is 1. The maximum absolute atomic E-state index is 10.8. The molecule has 92 valence electrons. The molecule has 0 radical (unpaired) electrons. The number of hydrogen-bond donors (Lipinski definition) is 1. The minimum absolute atomic E-state index is 0.191. The van der Waals surface area contributed by atoms with E-state index in [2.05, 4.69) is 5.32 Å². The van der Waals surface area contributed by atoms with Gasteiger partial charge in [-0.3, -0.25) is 10.1 Å². The third-order valence-corrected chi connectivity index (χ3v) is 4.26. The van der Waals surface area contributed by atoms with Crippen LogP contribution in [-0.4, -0.2) is 23.0 Å². The Hall–Kier alpha value is -1.23. The zero-order valence-corrected chi connectivity index (χ0v) is 10.6. The number of nitro groups is 1. The van der Waals surface area contributed by atoms with Crippen molar-refractivity contribution in [1.29, 1.82) is 0 Å². The SMILES string of the molecule is Cc1ccc(NCC2CCSC2)cc1[N+](=O)[O-]. The van der Waals surface area contributed by atoms with E-state index in [0.29, 0.717) is 11.5 Å². The first kappa shape index (κ1) is 12.2. The molecule has 4 nitrogen and oxygen atoms in total. The normalized spacial score (nSPS) is 19.2. The summed E-state index contributed by atoms with van der Waals surface area (Å²) in [4.78, 5) is 10.5. The summed E-state index contributed by atoms with van der Waals surface area (Å²) in [5.74, 6) is 3.13. The number of hydrogen-bond acceptors (Lipinski definition) is 4. The summed E-state index contributed by atoms with van der Waals surface area (Å²) >= 11 is 1.98. The molecule has 0 saturated carbocycles. The van der Waals surface area contributed by atoms with Crippen LogP contribution < -0.4 is 5.32 Å². The maximum atomic E-state index is 10.8. The molecule has 1 saturated heterocycles. The summed E-state index contributed by atoms with van der Waals surface area (Å²) in [6.07, 6.45) is 1.24. The van der Waals surface area contributed by atoms with Crippen molar-refractivity contribution in [2.45, 2.75) is 13.3 Å². The van der Waals surface area contributed by atoms with Crippen LogP contribution in [-0.2, 0) is 0 Å². The van der Waals surface area contributed by atoms with E-state index in [1.165, 1.54) is 17.9 Å². The van der Waals surface area contributed by atoms with Gasteiger partial charge in [0.25, 0.3) is 5.69 Å². The Morgan fingerprint density at radius 3 is 3.06 bits per heavy atom. The number of nitrogens with one attached hydrogen (secondary N) is 1. The van der Waals surface area contributed by atoms with E-state index in [-0.39, 0.29) is 10.6 Å². The van der Waals surface area contributed by atoms with Crippen LogP contribution in [0.15, 0.2) is 18.2 Å². The largest absolute Gasteiger partial charge is 0.385 e. The molecule has 1 aliphatic heterocycles. The van der Waals surface area contributed by atoms with Crippen molar-refractivity contribution in [2.24, 2.45) is 5.92 Å². The van der Waals surface area contributed by atoms with Gasteiger partial charge in [-0.2, -0.15) is 11.8 Å². The van der Waals surface area contributed by atoms with Gasteiger partial charge in [-0.05, 0) is 36.8 Å². The fraction of sp³-hybridized carbons (Fsp3) is 0.500. The van der Waals surface area contributed by atoms with Crippen LogP contribution in [0.2, 0.25) is 0 Å². The molecule has 0 aliphatic carbocycles. The monoisotopic (exact) mass is 252 g/mol. The van der Waals surface area contributed by atoms with Crippen molar-refractivity contribution in [3.63, 3.8) is 0 Å². The molecule has 17 heavy (non-hydrogen) atoms. The van der Waals surface area contributed by atoms with E-state index >= 15 is 0 Å². The van der Waals surface area contributed by atoms with Gasteiger partial charge in [0, 0.05) is 23.9 Å². The number of aryl methyl sites for hydroxylation is 1. The second-order valence-electron chi connectivity index (χ2n) is 4.37. The Morgan fingerprint density at radius 1 is 1.59 bits per heavy atom. The predicted octanol–water partition coefficient (Wildman–Crippen LogP) is 3.07. The lowest BCUT2D eigenvalue weighted by atomic mass is 10.1. The van der Waals surface area contributed by atoms with Crippen LogP contribution in [0, 0.1) is 23.0 Å². The second kappa shape index (κ2) is 5.40. The Kier molecular flexibility index (Phi) is 3.89. The van der Waals surface area contributed by atoms with Crippen LogP contribution >= 0.6 is 11.8 Å². The summed E-state index contributed by atoms with van der Waals surface area (Å²) < 4.78 is 0. The molecular weight excluding hydrogens is 236 g/mol. The predicted molar refractivity (Wildman–Crippen MR) is 71.8 cm³/mol. The van der Waals surface area contributed by atoms with E-state index in [0.717, 1.165) is 12.2 Å². The minimum Gasteiger partial charge on any atom is -0.385 e. The molecule has 1 aliphatic rings. The van der Waals surface area contributed by atoms with E-state index in [1.807, 2.05) is 17.8 Å². The molecule has 1 aromatic rings. The second-order valence-corrected chi connectivity index (χ2v) is 5.52. The van der Waals surface area contributed by atoms with Crippen LogP contribution in [0.25, 0.3) is 0 Å². The standard InChI is InChI=1S/C12H16N2O2S/c1-9-2-3-11(6-12(9)14(15)16)13-7-10-4-5-17-8-10/h2-3,6,10,13H,4-5,7-8H2,1H3. The van der Waals surface area contributed by atoms with Crippen molar-refractivity contribution in [3.8, 4) is 0 Å². The number of nitrogens with zero attached hydrogens (tertiary/aromatic N) is 1. The van der Waals surface area contributed by atoms with E-state index in [9.17, 15) is 10.1 Å². The molecule has 0 amide bonds. The first-order valence-corrected chi connectivity index (χ1v) is 6.89. The summed E-state index contributed by atoms with van der Waals surface area (Å²) in [6.45, 7) is 2.67. The minimum atomic E-state index is -0.327. The average molecular weight is 252 g/mol. The smallest absolute Gasteiger partial charge is 0.274 e. The van der Waals surface area contributed by atoms with Gasteiger partial charge in [0.1, 0.15) is 0 Å². The molecule has 5 heteroatoms. The number of benzene rings is 1. The van der Waals surface area contributed by atoms with E-state index in [1.54, 1.807) is 19.1 Å². The highest BCUT2D eigenvalue weighted by atomic mass is 32.2. The molecular formula is C12H16N2O2S. The lowest BCUT2D eigenvalue weighted by Crippen LogP contribution is -2.13. The highest BCUT2D eigenvalue weighted by Gasteiger charge is 2.16. The van der Waals surface area contributed by atoms with Crippen LogP contribution in [0.1, 0.15) is 12.0 Å². The number of thioether (sulfide) groups is 1. The Labute approximate surface area is 105 Å². The Morgan fingerprint density at radius 2 is 2.41 bits per heavy atom. The zero-order chi connectivity index (χ0) is 12.3. The van der Waals surface area contributed by atoms with Crippen molar-refractivity contribution >= 4 is 23.1 Å². The van der Waals surface area contributed by atoms with Gasteiger partial charge in [-0.15, -0.1) is 0 Å². The Balaban J connectivity index is 2.00.